The van der Waals surface area contributed by atoms with Gasteiger partial charge >= 0.3 is 0 Å². The number of hydrogen-bond acceptors (Lipinski definition) is 2. The molecule has 170 valence electrons. The van der Waals surface area contributed by atoms with Gasteiger partial charge in [0.1, 0.15) is 5.82 Å². The fourth-order valence-electron chi connectivity index (χ4n) is 4.56. The zero-order valence-electron chi connectivity index (χ0n) is 19.3. The molecule has 0 aliphatic heterocycles. The largest absolute Gasteiger partial charge is 0.292 e. The topological polar surface area (TPSA) is 41.6 Å². The summed E-state index contributed by atoms with van der Waals surface area (Å²) in [6.07, 6.45) is 0. The SMILES string of the molecule is N#Cc1ccc(-c2cccc(-c3ccc(-n4c(-c5ccccc5)nc5ccccc54)cc3)c2Cl)cc1. The van der Waals surface area contributed by atoms with E-state index in [1.807, 2.05) is 78.9 Å². The first-order valence-corrected chi connectivity index (χ1v) is 12.0. The third-order valence-electron chi connectivity index (χ3n) is 6.35. The number of halogens is 1. The van der Waals surface area contributed by atoms with Crippen molar-refractivity contribution in [2.45, 2.75) is 0 Å². The summed E-state index contributed by atoms with van der Waals surface area (Å²) in [5.41, 5.74) is 8.66. The van der Waals surface area contributed by atoms with Crippen LogP contribution in [0, 0.1) is 11.3 Å². The number of rotatable bonds is 4. The van der Waals surface area contributed by atoms with Crippen LogP contribution in [0.25, 0.3) is 50.4 Å². The van der Waals surface area contributed by atoms with E-state index in [4.69, 9.17) is 21.8 Å². The first kappa shape index (κ1) is 21.9. The summed E-state index contributed by atoms with van der Waals surface area (Å²) in [6.45, 7) is 0. The predicted molar refractivity (Wildman–Crippen MR) is 147 cm³/mol. The minimum absolute atomic E-state index is 0.628. The highest BCUT2D eigenvalue weighted by molar-refractivity contribution is 6.36. The van der Waals surface area contributed by atoms with E-state index in [0.717, 1.165) is 50.4 Å². The van der Waals surface area contributed by atoms with Crippen molar-refractivity contribution in [3.63, 3.8) is 0 Å². The van der Waals surface area contributed by atoms with Crippen LogP contribution in [0.2, 0.25) is 5.02 Å². The van der Waals surface area contributed by atoms with Crippen LogP contribution < -0.4 is 0 Å². The highest BCUT2D eigenvalue weighted by Crippen LogP contribution is 2.37. The lowest BCUT2D eigenvalue weighted by atomic mass is 9.98. The number of nitriles is 1. The number of nitrogens with zero attached hydrogens (tertiary/aromatic N) is 3. The van der Waals surface area contributed by atoms with Crippen molar-refractivity contribution < 1.29 is 0 Å². The number of hydrogen-bond donors (Lipinski definition) is 0. The van der Waals surface area contributed by atoms with E-state index in [1.54, 1.807) is 0 Å². The lowest BCUT2D eigenvalue weighted by molar-refractivity contribution is 1.10. The second-order valence-electron chi connectivity index (χ2n) is 8.53. The summed E-state index contributed by atoms with van der Waals surface area (Å²) >= 11 is 6.89. The Hall–Kier alpha value is -4.65. The highest BCUT2D eigenvalue weighted by atomic mass is 35.5. The van der Waals surface area contributed by atoms with Crippen molar-refractivity contribution in [2.24, 2.45) is 0 Å². The third-order valence-corrected chi connectivity index (χ3v) is 6.76. The lowest BCUT2D eigenvalue weighted by Gasteiger charge is -2.13. The zero-order valence-corrected chi connectivity index (χ0v) is 20.0. The van der Waals surface area contributed by atoms with E-state index < -0.39 is 0 Å². The molecule has 3 nitrogen and oxygen atoms in total. The monoisotopic (exact) mass is 481 g/mol. The molecule has 1 aromatic heterocycles. The summed E-state index contributed by atoms with van der Waals surface area (Å²) < 4.78 is 2.20. The smallest absolute Gasteiger partial charge is 0.145 e. The number of aromatic nitrogens is 2. The van der Waals surface area contributed by atoms with Crippen LogP contribution >= 0.6 is 11.6 Å². The van der Waals surface area contributed by atoms with Gasteiger partial charge in [0.15, 0.2) is 0 Å². The third kappa shape index (κ3) is 3.84. The number of para-hydroxylation sites is 2. The van der Waals surface area contributed by atoms with Gasteiger partial charge in [-0.25, -0.2) is 4.98 Å². The Bertz CT molecular complexity index is 1730. The average molecular weight is 482 g/mol. The molecule has 6 rings (SSSR count). The van der Waals surface area contributed by atoms with Gasteiger partial charge in [-0.1, -0.05) is 96.5 Å². The minimum Gasteiger partial charge on any atom is -0.292 e. The Morgan fingerprint density at radius 1 is 0.611 bits per heavy atom. The zero-order chi connectivity index (χ0) is 24.5. The molecule has 4 heteroatoms. The quantitative estimate of drug-likeness (QED) is 0.253. The molecule has 5 aromatic carbocycles. The van der Waals surface area contributed by atoms with Crippen molar-refractivity contribution in [1.29, 1.82) is 5.26 Å². The van der Waals surface area contributed by atoms with Gasteiger partial charge < -0.3 is 0 Å². The fraction of sp³-hybridized carbons (Fsp3) is 0. The van der Waals surface area contributed by atoms with Crippen LogP contribution in [0.15, 0.2) is 121 Å². The van der Waals surface area contributed by atoms with Crippen LogP contribution in [-0.4, -0.2) is 9.55 Å². The molecule has 0 saturated carbocycles. The number of fused-ring (bicyclic) bond motifs is 1. The van der Waals surface area contributed by atoms with Crippen LogP contribution in [0.3, 0.4) is 0 Å². The molecule has 0 unspecified atom stereocenters. The molecule has 6 aromatic rings. The van der Waals surface area contributed by atoms with Crippen LogP contribution in [-0.2, 0) is 0 Å². The Morgan fingerprint density at radius 2 is 1.22 bits per heavy atom. The normalized spacial score (nSPS) is 10.9. The van der Waals surface area contributed by atoms with Gasteiger partial charge in [0.2, 0.25) is 0 Å². The van der Waals surface area contributed by atoms with Crippen molar-refractivity contribution in [2.75, 3.05) is 0 Å². The summed E-state index contributed by atoms with van der Waals surface area (Å²) in [7, 11) is 0. The lowest BCUT2D eigenvalue weighted by Crippen LogP contribution is -1.97. The van der Waals surface area contributed by atoms with E-state index in [-0.39, 0.29) is 0 Å². The maximum Gasteiger partial charge on any atom is 0.145 e. The maximum atomic E-state index is 9.10. The molecule has 36 heavy (non-hydrogen) atoms. The molecule has 1 heterocycles. The molecule has 0 aliphatic carbocycles. The summed E-state index contributed by atoms with van der Waals surface area (Å²) in [5.74, 6) is 0.908. The minimum atomic E-state index is 0.628. The Labute approximate surface area is 214 Å². The molecular formula is C32H20ClN3. The van der Waals surface area contributed by atoms with Crippen molar-refractivity contribution in [3.05, 3.63) is 132 Å². The second-order valence-corrected chi connectivity index (χ2v) is 8.91. The number of imidazole rings is 1. The molecule has 0 atom stereocenters. The fourth-order valence-corrected chi connectivity index (χ4v) is 4.90. The maximum absolute atomic E-state index is 9.10. The molecule has 0 fully saturated rings. The molecule has 0 saturated heterocycles. The van der Waals surface area contributed by atoms with Gasteiger partial charge in [-0.3, -0.25) is 4.57 Å². The van der Waals surface area contributed by atoms with E-state index in [9.17, 15) is 0 Å². The van der Waals surface area contributed by atoms with E-state index in [1.165, 1.54) is 0 Å². The van der Waals surface area contributed by atoms with Gasteiger partial charge in [-0.05, 0) is 47.5 Å². The summed E-state index contributed by atoms with van der Waals surface area (Å²) in [6, 6.07) is 42.6. The molecular weight excluding hydrogens is 462 g/mol. The standard InChI is InChI=1S/C32H20ClN3/c33-31-27(23-15-13-22(21-34)14-16-23)9-6-10-28(31)24-17-19-26(20-18-24)36-30-12-5-4-11-29(30)35-32(36)25-7-2-1-3-8-25/h1-20H. The van der Waals surface area contributed by atoms with Crippen molar-refractivity contribution in [1.82, 2.24) is 9.55 Å². The number of benzene rings is 5. The Kier molecular flexibility index (Phi) is 5.58. The van der Waals surface area contributed by atoms with E-state index >= 15 is 0 Å². The molecule has 0 spiro atoms. The summed E-state index contributed by atoms with van der Waals surface area (Å²) in [5, 5.41) is 9.78. The predicted octanol–water partition coefficient (Wildman–Crippen LogP) is 8.55. The first-order valence-electron chi connectivity index (χ1n) is 11.7. The molecule has 0 amide bonds. The molecule has 0 radical (unpaired) electrons. The molecule has 0 aliphatic rings. The van der Waals surface area contributed by atoms with Gasteiger partial charge in [0, 0.05) is 22.4 Å². The van der Waals surface area contributed by atoms with Crippen molar-refractivity contribution >= 4 is 22.6 Å². The Balaban J connectivity index is 1.43. The van der Waals surface area contributed by atoms with Gasteiger partial charge in [0.25, 0.3) is 0 Å². The molecule has 0 bridgehead atoms. The van der Waals surface area contributed by atoms with Gasteiger partial charge in [-0.15, -0.1) is 0 Å². The van der Waals surface area contributed by atoms with Crippen molar-refractivity contribution in [3.8, 4) is 45.4 Å². The van der Waals surface area contributed by atoms with Crippen LogP contribution in [0.5, 0.6) is 0 Å². The second kappa shape index (κ2) is 9.19. The summed E-state index contributed by atoms with van der Waals surface area (Å²) in [4.78, 5) is 4.93. The van der Waals surface area contributed by atoms with Crippen LogP contribution in [0.1, 0.15) is 5.56 Å². The molecule has 0 N–H and O–H groups in total. The Morgan fingerprint density at radius 3 is 1.89 bits per heavy atom. The van der Waals surface area contributed by atoms with E-state index in [2.05, 4.69) is 53.1 Å². The van der Waals surface area contributed by atoms with Gasteiger partial charge in [0.05, 0.1) is 27.7 Å². The highest BCUT2D eigenvalue weighted by Gasteiger charge is 2.15. The van der Waals surface area contributed by atoms with Crippen LogP contribution in [0.4, 0.5) is 0 Å². The van der Waals surface area contributed by atoms with Gasteiger partial charge in [-0.2, -0.15) is 5.26 Å². The first-order chi connectivity index (χ1) is 17.7. The average Bonchev–Trinajstić information content (AvgIpc) is 3.34. The van der Waals surface area contributed by atoms with E-state index in [0.29, 0.717) is 10.6 Å².